The first-order chi connectivity index (χ1) is 10.8. The van der Waals surface area contributed by atoms with E-state index in [1.165, 1.54) is 24.0 Å². The summed E-state index contributed by atoms with van der Waals surface area (Å²) in [5.74, 6) is 0. The van der Waals surface area contributed by atoms with Crippen molar-refractivity contribution < 1.29 is 0 Å². The molecule has 23 heavy (non-hydrogen) atoms. The summed E-state index contributed by atoms with van der Waals surface area (Å²) in [4.78, 5) is 0. The van der Waals surface area contributed by atoms with Crippen LogP contribution in [0.15, 0.2) is 72.8 Å². The van der Waals surface area contributed by atoms with Crippen molar-refractivity contribution in [1.82, 2.24) is 5.32 Å². The van der Waals surface area contributed by atoms with E-state index in [9.17, 15) is 0 Å². The molecule has 122 valence electrons. The number of nitrogens with one attached hydrogen (secondary N) is 1. The fraction of sp³-hybridized carbons (Fsp3) is 0.333. The van der Waals surface area contributed by atoms with Crippen molar-refractivity contribution >= 4 is 12.4 Å². The Balaban J connectivity index is 0.00000192. The summed E-state index contributed by atoms with van der Waals surface area (Å²) in [7, 11) is 0. The normalized spacial score (nSPS) is 18.6. The molecule has 1 aliphatic rings. The van der Waals surface area contributed by atoms with Crippen LogP contribution in [0.3, 0.4) is 0 Å². The Morgan fingerprint density at radius 2 is 1.52 bits per heavy atom. The number of hydrogen-bond acceptors (Lipinski definition) is 1. The van der Waals surface area contributed by atoms with Crippen molar-refractivity contribution in [2.75, 3.05) is 6.54 Å². The van der Waals surface area contributed by atoms with Crippen LogP contribution in [-0.4, -0.2) is 12.6 Å². The number of unbranched alkanes of at least 4 members (excludes halogenated alkanes) is 1. The molecule has 2 heteroatoms. The van der Waals surface area contributed by atoms with Gasteiger partial charge in [-0.1, -0.05) is 86.2 Å². The van der Waals surface area contributed by atoms with Crippen LogP contribution in [0.5, 0.6) is 0 Å². The maximum atomic E-state index is 3.69. The van der Waals surface area contributed by atoms with E-state index >= 15 is 0 Å². The summed E-state index contributed by atoms with van der Waals surface area (Å²) in [6.45, 7) is 3.34. The number of hydrogen-bond donors (Lipinski definition) is 1. The Morgan fingerprint density at radius 3 is 2.04 bits per heavy atom. The van der Waals surface area contributed by atoms with Crippen LogP contribution in [-0.2, 0) is 5.41 Å². The summed E-state index contributed by atoms with van der Waals surface area (Å²) in [5.41, 5.74) is 2.78. The molecule has 1 aliphatic carbocycles. The van der Waals surface area contributed by atoms with Gasteiger partial charge in [-0.15, -0.1) is 12.4 Å². The highest BCUT2D eigenvalue weighted by atomic mass is 35.5. The molecule has 0 spiro atoms. The molecule has 0 saturated carbocycles. The Kier molecular flexibility index (Phi) is 6.44. The predicted molar refractivity (Wildman–Crippen MR) is 101 cm³/mol. The molecule has 0 aromatic heterocycles. The SMILES string of the molecule is CCCCNC1C=CC(c2ccccc2)(c2ccccc2)C1.Cl. The molecule has 0 fully saturated rings. The molecule has 0 saturated heterocycles. The quantitative estimate of drug-likeness (QED) is 0.574. The number of benzene rings is 2. The van der Waals surface area contributed by atoms with Gasteiger partial charge in [-0.3, -0.25) is 0 Å². The van der Waals surface area contributed by atoms with E-state index in [-0.39, 0.29) is 17.8 Å². The molecule has 0 heterocycles. The summed E-state index contributed by atoms with van der Waals surface area (Å²) in [5, 5.41) is 3.69. The van der Waals surface area contributed by atoms with Gasteiger partial charge in [0, 0.05) is 11.5 Å². The highest BCUT2D eigenvalue weighted by Crippen LogP contribution is 2.42. The van der Waals surface area contributed by atoms with Crippen molar-refractivity contribution in [2.24, 2.45) is 0 Å². The molecule has 0 bridgehead atoms. The van der Waals surface area contributed by atoms with Crippen molar-refractivity contribution in [1.29, 1.82) is 0 Å². The number of rotatable bonds is 6. The smallest absolute Gasteiger partial charge is 0.0400 e. The topological polar surface area (TPSA) is 12.0 Å². The van der Waals surface area contributed by atoms with Crippen LogP contribution in [0.1, 0.15) is 37.3 Å². The molecule has 1 nitrogen and oxygen atoms in total. The van der Waals surface area contributed by atoms with Gasteiger partial charge in [-0.2, -0.15) is 0 Å². The summed E-state index contributed by atoms with van der Waals surface area (Å²) in [6.07, 6.45) is 8.35. The summed E-state index contributed by atoms with van der Waals surface area (Å²) < 4.78 is 0. The van der Waals surface area contributed by atoms with Crippen LogP contribution in [0.4, 0.5) is 0 Å². The lowest BCUT2D eigenvalue weighted by Gasteiger charge is -2.30. The second kappa shape index (κ2) is 8.33. The number of allylic oxidation sites excluding steroid dienone is 1. The minimum atomic E-state index is 0. The van der Waals surface area contributed by atoms with E-state index in [0.29, 0.717) is 6.04 Å². The highest BCUT2D eigenvalue weighted by molar-refractivity contribution is 5.85. The highest BCUT2D eigenvalue weighted by Gasteiger charge is 2.37. The molecule has 0 aliphatic heterocycles. The van der Waals surface area contributed by atoms with E-state index in [4.69, 9.17) is 0 Å². The third-order valence-electron chi connectivity index (χ3n) is 4.67. The zero-order valence-corrected chi connectivity index (χ0v) is 14.6. The first-order valence-corrected chi connectivity index (χ1v) is 8.39. The zero-order chi connectivity index (χ0) is 15.3. The van der Waals surface area contributed by atoms with Gasteiger partial charge in [-0.25, -0.2) is 0 Å². The van der Waals surface area contributed by atoms with E-state index < -0.39 is 0 Å². The average Bonchev–Trinajstić information content (AvgIpc) is 3.02. The lowest BCUT2D eigenvalue weighted by Crippen LogP contribution is -2.32. The van der Waals surface area contributed by atoms with Gasteiger partial charge in [-0.05, 0) is 30.5 Å². The fourth-order valence-corrected chi connectivity index (χ4v) is 3.43. The minimum Gasteiger partial charge on any atom is -0.310 e. The molecular weight excluding hydrogens is 302 g/mol. The molecular formula is C21H26ClN. The Bertz CT molecular complexity index is 567. The van der Waals surface area contributed by atoms with E-state index in [1.54, 1.807) is 0 Å². The van der Waals surface area contributed by atoms with Crippen LogP contribution in [0.2, 0.25) is 0 Å². The fourth-order valence-electron chi connectivity index (χ4n) is 3.43. The Labute approximate surface area is 146 Å². The van der Waals surface area contributed by atoms with Gasteiger partial charge in [0.15, 0.2) is 0 Å². The number of halogens is 1. The molecule has 0 amide bonds. The molecule has 3 rings (SSSR count). The van der Waals surface area contributed by atoms with Crippen molar-refractivity contribution in [3.63, 3.8) is 0 Å². The predicted octanol–water partition coefficient (Wildman–Crippen LogP) is 5.11. The lowest BCUT2D eigenvalue weighted by molar-refractivity contribution is 0.497. The maximum Gasteiger partial charge on any atom is 0.0400 e. The standard InChI is InChI=1S/C21H25N.ClH/c1-2-3-16-22-20-14-15-21(17-20,18-10-6-4-7-11-18)19-12-8-5-9-13-19;/h4-15,20,22H,2-3,16-17H2,1H3;1H. The van der Waals surface area contributed by atoms with Gasteiger partial charge in [0.1, 0.15) is 0 Å². The molecule has 1 unspecified atom stereocenters. The van der Waals surface area contributed by atoms with Gasteiger partial charge in [0.2, 0.25) is 0 Å². The molecule has 2 aromatic rings. The van der Waals surface area contributed by atoms with E-state index in [2.05, 4.69) is 85.1 Å². The van der Waals surface area contributed by atoms with Crippen LogP contribution in [0.25, 0.3) is 0 Å². The average molecular weight is 328 g/mol. The second-order valence-corrected chi connectivity index (χ2v) is 6.18. The molecule has 1 atom stereocenters. The third kappa shape index (κ3) is 3.85. The van der Waals surface area contributed by atoms with Crippen LogP contribution < -0.4 is 5.32 Å². The first kappa shape index (κ1) is 17.8. The first-order valence-electron chi connectivity index (χ1n) is 8.39. The molecule has 2 aromatic carbocycles. The lowest BCUT2D eigenvalue weighted by atomic mass is 9.74. The summed E-state index contributed by atoms with van der Waals surface area (Å²) >= 11 is 0. The van der Waals surface area contributed by atoms with Crippen LogP contribution >= 0.6 is 12.4 Å². The monoisotopic (exact) mass is 327 g/mol. The zero-order valence-electron chi connectivity index (χ0n) is 13.7. The maximum absolute atomic E-state index is 3.69. The Hall–Kier alpha value is -1.57. The minimum absolute atomic E-state index is 0. The Morgan fingerprint density at radius 1 is 0.957 bits per heavy atom. The second-order valence-electron chi connectivity index (χ2n) is 6.18. The van der Waals surface area contributed by atoms with Gasteiger partial charge >= 0.3 is 0 Å². The van der Waals surface area contributed by atoms with E-state index in [1.807, 2.05) is 0 Å². The molecule has 1 N–H and O–H groups in total. The largest absolute Gasteiger partial charge is 0.310 e. The summed E-state index contributed by atoms with van der Waals surface area (Å²) in [6, 6.07) is 22.3. The van der Waals surface area contributed by atoms with Gasteiger partial charge in [0.05, 0.1) is 0 Å². The van der Waals surface area contributed by atoms with Crippen molar-refractivity contribution in [3.05, 3.63) is 83.9 Å². The van der Waals surface area contributed by atoms with Crippen LogP contribution in [0, 0.1) is 0 Å². The van der Waals surface area contributed by atoms with Crippen molar-refractivity contribution in [3.8, 4) is 0 Å². The van der Waals surface area contributed by atoms with Gasteiger partial charge in [0.25, 0.3) is 0 Å². The third-order valence-corrected chi connectivity index (χ3v) is 4.67. The van der Waals surface area contributed by atoms with E-state index in [0.717, 1.165) is 13.0 Å². The van der Waals surface area contributed by atoms with Gasteiger partial charge < -0.3 is 5.32 Å². The van der Waals surface area contributed by atoms with Crippen molar-refractivity contribution in [2.45, 2.75) is 37.6 Å². The molecule has 0 radical (unpaired) electrons.